The highest BCUT2D eigenvalue weighted by molar-refractivity contribution is 6.09. The van der Waals surface area contributed by atoms with Crippen LogP contribution in [0.15, 0.2) is 60.7 Å². The van der Waals surface area contributed by atoms with Crippen LogP contribution in [0.3, 0.4) is 0 Å². The summed E-state index contributed by atoms with van der Waals surface area (Å²) in [6.07, 6.45) is 3.06. The van der Waals surface area contributed by atoms with Gasteiger partial charge in [-0.1, -0.05) is 24.3 Å². The van der Waals surface area contributed by atoms with Gasteiger partial charge in [0.2, 0.25) is 5.75 Å². The van der Waals surface area contributed by atoms with Crippen molar-refractivity contribution in [1.29, 1.82) is 0 Å². The van der Waals surface area contributed by atoms with Crippen LogP contribution in [0.1, 0.15) is 15.9 Å². The van der Waals surface area contributed by atoms with Crippen LogP contribution in [0.4, 0.5) is 5.69 Å². The zero-order chi connectivity index (χ0) is 23.3. The molecule has 0 unspecified atom stereocenters. The van der Waals surface area contributed by atoms with E-state index < -0.39 is 0 Å². The van der Waals surface area contributed by atoms with Crippen LogP contribution < -0.4 is 19.1 Å². The smallest absolute Gasteiger partial charge is 0.203 e. The standard InChI is InChI=1S/C26H27NO5/c1-27(2)20-10-7-18(8-11-20)19-9-13-23(29)21(16-19)22(28)12-6-17-14-24(30-3)26(32-5)25(15-17)31-4/h6-16,29H,1-5H3/b12-6+. The molecule has 1 N–H and O–H groups in total. The second-order valence-corrected chi connectivity index (χ2v) is 7.33. The van der Waals surface area contributed by atoms with Gasteiger partial charge in [0.25, 0.3) is 0 Å². The average molecular weight is 434 g/mol. The molecule has 0 aliphatic heterocycles. The molecule has 0 fully saturated rings. The number of phenols is 1. The van der Waals surface area contributed by atoms with Gasteiger partial charge in [-0.25, -0.2) is 0 Å². The summed E-state index contributed by atoms with van der Waals surface area (Å²) < 4.78 is 16.0. The molecular formula is C26H27NO5. The van der Waals surface area contributed by atoms with E-state index in [1.807, 2.05) is 43.3 Å². The third-order valence-corrected chi connectivity index (χ3v) is 5.09. The summed E-state index contributed by atoms with van der Waals surface area (Å²) in [7, 11) is 8.55. The number of allylic oxidation sites excluding steroid dienone is 1. The van der Waals surface area contributed by atoms with Crippen molar-refractivity contribution < 1.29 is 24.1 Å². The molecule has 6 nitrogen and oxygen atoms in total. The van der Waals surface area contributed by atoms with Crippen molar-refractivity contribution in [3.63, 3.8) is 0 Å². The van der Waals surface area contributed by atoms with Gasteiger partial charge in [0, 0.05) is 19.8 Å². The first-order valence-corrected chi connectivity index (χ1v) is 10.0. The molecule has 0 spiro atoms. The molecule has 6 heteroatoms. The second kappa shape index (κ2) is 9.92. The lowest BCUT2D eigenvalue weighted by molar-refractivity contribution is 0.104. The van der Waals surface area contributed by atoms with Gasteiger partial charge in [-0.15, -0.1) is 0 Å². The van der Waals surface area contributed by atoms with Gasteiger partial charge in [-0.3, -0.25) is 4.79 Å². The molecule has 3 rings (SSSR count). The number of nitrogens with zero attached hydrogens (tertiary/aromatic N) is 1. The number of phenolic OH excluding ortho intramolecular Hbond substituents is 1. The van der Waals surface area contributed by atoms with Crippen LogP contribution in [0.5, 0.6) is 23.0 Å². The van der Waals surface area contributed by atoms with E-state index in [4.69, 9.17) is 14.2 Å². The Labute approximate surface area is 188 Å². The van der Waals surface area contributed by atoms with E-state index in [2.05, 4.69) is 0 Å². The minimum Gasteiger partial charge on any atom is -0.507 e. The van der Waals surface area contributed by atoms with E-state index in [1.165, 1.54) is 33.5 Å². The molecule has 0 aliphatic rings. The van der Waals surface area contributed by atoms with Crippen LogP contribution in [0.25, 0.3) is 17.2 Å². The largest absolute Gasteiger partial charge is 0.507 e. The third kappa shape index (κ3) is 4.86. The Morgan fingerprint density at radius 2 is 1.44 bits per heavy atom. The molecule has 0 radical (unpaired) electrons. The lowest BCUT2D eigenvalue weighted by Crippen LogP contribution is -2.07. The molecule has 0 atom stereocenters. The first-order chi connectivity index (χ1) is 15.4. The van der Waals surface area contributed by atoms with E-state index in [0.717, 1.165) is 16.8 Å². The summed E-state index contributed by atoms with van der Waals surface area (Å²) >= 11 is 0. The number of ketones is 1. The maximum Gasteiger partial charge on any atom is 0.203 e. The number of carbonyl (C=O) groups is 1. The minimum atomic E-state index is -0.317. The molecule has 32 heavy (non-hydrogen) atoms. The van der Waals surface area contributed by atoms with E-state index in [-0.39, 0.29) is 17.1 Å². The summed E-state index contributed by atoms with van der Waals surface area (Å²) in [5, 5.41) is 10.3. The molecule has 0 aromatic heterocycles. The SMILES string of the molecule is COc1cc(/C=C/C(=O)c2cc(-c3ccc(N(C)C)cc3)ccc2O)cc(OC)c1OC. The predicted molar refractivity (Wildman–Crippen MR) is 127 cm³/mol. The van der Waals surface area contributed by atoms with Crippen molar-refractivity contribution in [3.05, 3.63) is 71.8 Å². The Bertz CT molecular complexity index is 1110. The Kier molecular flexibility index (Phi) is 7.05. The predicted octanol–water partition coefficient (Wildman–Crippen LogP) is 5.05. The molecular weight excluding hydrogens is 406 g/mol. The number of methoxy groups -OCH3 is 3. The summed E-state index contributed by atoms with van der Waals surface area (Å²) in [6, 6.07) is 16.5. The molecule has 0 bridgehead atoms. The van der Waals surface area contributed by atoms with Crippen molar-refractivity contribution in [1.82, 2.24) is 0 Å². The van der Waals surface area contributed by atoms with E-state index in [0.29, 0.717) is 22.8 Å². The number of hydrogen-bond acceptors (Lipinski definition) is 6. The second-order valence-electron chi connectivity index (χ2n) is 7.33. The van der Waals surface area contributed by atoms with E-state index >= 15 is 0 Å². The fourth-order valence-corrected chi connectivity index (χ4v) is 3.32. The average Bonchev–Trinajstić information content (AvgIpc) is 2.82. The fourth-order valence-electron chi connectivity index (χ4n) is 3.32. The van der Waals surface area contributed by atoms with E-state index in [1.54, 1.807) is 30.3 Å². The highest BCUT2D eigenvalue weighted by Crippen LogP contribution is 2.38. The molecule has 0 saturated heterocycles. The van der Waals surface area contributed by atoms with Crippen molar-refractivity contribution in [2.24, 2.45) is 0 Å². The van der Waals surface area contributed by atoms with Gasteiger partial charge in [-0.05, 0) is 59.2 Å². The molecule has 0 aliphatic carbocycles. The molecule has 0 heterocycles. The number of aromatic hydroxyl groups is 1. The zero-order valence-electron chi connectivity index (χ0n) is 18.9. The van der Waals surface area contributed by atoms with Gasteiger partial charge in [0.05, 0.1) is 26.9 Å². The maximum atomic E-state index is 12.9. The Hall–Kier alpha value is -3.93. The van der Waals surface area contributed by atoms with Crippen molar-refractivity contribution in [3.8, 4) is 34.1 Å². The first-order valence-electron chi connectivity index (χ1n) is 10.0. The lowest BCUT2D eigenvalue weighted by Gasteiger charge is -2.13. The topological polar surface area (TPSA) is 68.2 Å². The van der Waals surface area contributed by atoms with Crippen molar-refractivity contribution in [2.45, 2.75) is 0 Å². The molecule has 0 amide bonds. The van der Waals surface area contributed by atoms with Crippen LogP contribution in [-0.2, 0) is 0 Å². The summed E-state index contributed by atoms with van der Waals surface area (Å²) in [4.78, 5) is 14.9. The maximum absolute atomic E-state index is 12.9. The number of rotatable bonds is 8. The fraction of sp³-hybridized carbons (Fsp3) is 0.192. The highest BCUT2D eigenvalue weighted by Gasteiger charge is 2.14. The number of carbonyl (C=O) groups excluding carboxylic acids is 1. The lowest BCUT2D eigenvalue weighted by atomic mass is 9.99. The highest BCUT2D eigenvalue weighted by atomic mass is 16.5. The number of anilines is 1. The normalized spacial score (nSPS) is 10.8. The Morgan fingerprint density at radius 3 is 1.97 bits per heavy atom. The van der Waals surface area contributed by atoms with Crippen LogP contribution in [0.2, 0.25) is 0 Å². The number of hydrogen-bond donors (Lipinski definition) is 1. The van der Waals surface area contributed by atoms with Gasteiger partial charge in [0.15, 0.2) is 17.3 Å². The summed E-state index contributed by atoms with van der Waals surface area (Å²) in [5.41, 5.74) is 3.80. The first kappa shape index (κ1) is 22.7. The van der Waals surface area contributed by atoms with Crippen LogP contribution >= 0.6 is 0 Å². The van der Waals surface area contributed by atoms with E-state index in [9.17, 15) is 9.90 Å². The Morgan fingerprint density at radius 1 is 0.844 bits per heavy atom. The van der Waals surface area contributed by atoms with Crippen LogP contribution in [0, 0.1) is 0 Å². The zero-order valence-corrected chi connectivity index (χ0v) is 18.9. The summed E-state index contributed by atoms with van der Waals surface area (Å²) in [6.45, 7) is 0. The third-order valence-electron chi connectivity index (χ3n) is 5.09. The van der Waals surface area contributed by atoms with Gasteiger partial charge < -0.3 is 24.2 Å². The number of ether oxygens (including phenoxy) is 3. The van der Waals surface area contributed by atoms with Crippen LogP contribution in [-0.4, -0.2) is 46.3 Å². The van der Waals surface area contributed by atoms with Crippen molar-refractivity contribution >= 4 is 17.5 Å². The van der Waals surface area contributed by atoms with Gasteiger partial charge in [-0.2, -0.15) is 0 Å². The molecule has 3 aromatic rings. The minimum absolute atomic E-state index is 0.0711. The summed E-state index contributed by atoms with van der Waals surface area (Å²) in [5.74, 6) is 1.07. The molecule has 3 aromatic carbocycles. The van der Waals surface area contributed by atoms with Gasteiger partial charge >= 0.3 is 0 Å². The monoisotopic (exact) mass is 433 g/mol. The molecule has 166 valence electrons. The van der Waals surface area contributed by atoms with Gasteiger partial charge in [0.1, 0.15) is 5.75 Å². The molecule has 0 saturated carbocycles. The Balaban J connectivity index is 1.90. The number of benzene rings is 3. The quantitative estimate of drug-likeness (QED) is 0.396. The van der Waals surface area contributed by atoms with Crippen molar-refractivity contribution in [2.75, 3.05) is 40.3 Å².